The fourth-order valence-electron chi connectivity index (χ4n) is 2.54. The summed E-state index contributed by atoms with van der Waals surface area (Å²) in [6, 6.07) is 7.48. The Morgan fingerprint density at radius 2 is 2.11 bits per heavy atom. The number of rotatable bonds is 8. The monoisotopic (exact) mass is 390 g/mol. The van der Waals surface area contributed by atoms with Gasteiger partial charge in [-0.3, -0.25) is 9.59 Å². The molecule has 1 aromatic carbocycles. The summed E-state index contributed by atoms with van der Waals surface area (Å²) < 4.78 is 10.8. The summed E-state index contributed by atoms with van der Waals surface area (Å²) in [6.07, 6.45) is 2.11. The lowest BCUT2D eigenvalue weighted by Crippen LogP contribution is -2.34. The molecule has 0 bridgehead atoms. The summed E-state index contributed by atoms with van der Waals surface area (Å²) in [5.74, 6) is -0.524. The second-order valence-corrected chi connectivity index (χ2v) is 7.32. The molecule has 2 N–H and O–H groups in total. The van der Waals surface area contributed by atoms with Crippen molar-refractivity contribution in [3.8, 4) is 0 Å². The number of aromatic nitrogens is 2. The summed E-state index contributed by atoms with van der Waals surface area (Å²) in [6.45, 7) is 3.30. The van der Waals surface area contributed by atoms with Crippen LogP contribution in [0.3, 0.4) is 0 Å². The van der Waals surface area contributed by atoms with Crippen molar-refractivity contribution in [3.63, 3.8) is 0 Å². The van der Waals surface area contributed by atoms with E-state index in [1.165, 1.54) is 0 Å². The van der Waals surface area contributed by atoms with Crippen molar-refractivity contribution in [3.05, 3.63) is 39.8 Å². The number of carbonyl (C=O) groups is 2. The molecule has 1 atom stereocenters. The van der Waals surface area contributed by atoms with Crippen LogP contribution in [0.25, 0.3) is 0 Å². The molecule has 1 saturated heterocycles. The lowest BCUT2D eigenvalue weighted by atomic mass is 10.2. The SMILES string of the molecule is Cc1ccc(NC(=O)c2nnc(COCC(=O)NC[C@H]3CCCO3)s2)cc1. The quantitative estimate of drug-likeness (QED) is 0.714. The topological polar surface area (TPSA) is 102 Å². The second-order valence-electron chi connectivity index (χ2n) is 6.25. The van der Waals surface area contributed by atoms with Crippen molar-refractivity contribution in [1.82, 2.24) is 15.5 Å². The first-order valence-corrected chi connectivity index (χ1v) is 9.58. The number of ether oxygens (including phenoxy) is 2. The van der Waals surface area contributed by atoms with Crippen LogP contribution in [-0.4, -0.2) is 47.9 Å². The summed E-state index contributed by atoms with van der Waals surface area (Å²) in [4.78, 5) is 23.9. The number of nitrogens with one attached hydrogen (secondary N) is 2. The second kappa shape index (κ2) is 9.54. The maximum Gasteiger partial charge on any atom is 0.286 e. The molecule has 144 valence electrons. The first-order valence-electron chi connectivity index (χ1n) is 8.76. The van der Waals surface area contributed by atoms with Crippen molar-refractivity contribution in [2.24, 2.45) is 0 Å². The molecular weight excluding hydrogens is 368 g/mol. The van der Waals surface area contributed by atoms with Gasteiger partial charge in [-0.15, -0.1) is 10.2 Å². The third-order valence-electron chi connectivity index (χ3n) is 3.98. The van der Waals surface area contributed by atoms with E-state index in [2.05, 4.69) is 20.8 Å². The van der Waals surface area contributed by atoms with Crippen LogP contribution in [0.4, 0.5) is 5.69 Å². The van der Waals surface area contributed by atoms with Crippen LogP contribution in [0.1, 0.15) is 33.2 Å². The number of anilines is 1. The van der Waals surface area contributed by atoms with Gasteiger partial charge in [0.15, 0.2) is 0 Å². The van der Waals surface area contributed by atoms with Crippen LogP contribution in [0, 0.1) is 6.92 Å². The number of benzene rings is 1. The summed E-state index contributed by atoms with van der Waals surface area (Å²) >= 11 is 1.14. The molecular formula is C18H22N4O4S. The predicted molar refractivity (Wildman–Crippen MR) is 101 cm³/mol. The molecule has 2 aromatic rings. The minimum absolute atomic E-state index is 0.0722. The van der Waals surface area contributed by atoms with Crippen LogP contribution in [-0.2, 0) is 20.9 Å². The van der Waals surface area contributed by atoms with Crippen molar-refractivity contribution >= 4 is 28.8 Å². The van der Waals surface area contributed by atoms with E-state index in [4.69, 9.17) is 9.47 Å². The molecule has 1 fully saturated rings. The van der Waals surface area contributed by atoms with E-state index in [-0.39, 0.29) is 36.1 Å². The van der Waals surface area contributed by atoms with Gasteiger partial charge in [0.2, 0.25) is 10.9 Å². The standard InChI is InChI=1S/C18H22N4O4S/c1-12-4-6-13(7-5-12)20-17(24)18-22-21-16(27-18)11-25-10-15(23)19-9-14-3-2-8-26-14/h4-7,14H,2-3,8-11H2,1H3,(H,19,23)(H,20,24)/t14-/m1/s1. The Kier molecular flexibility index (Phi) is 6.86. The van der Waals surface area contributed by atoms with Gasteiger partial charge in [0, 0.05) is 18.8 Å². The predicted octanol–water partition coefficient (Wildman–Crippen LogP) is 1.91. The fourth-order valence-corrected chi connectivity index (χ4v) is 3.21. The van der Waals surface area contributed by atoms with Crippen LogP contribution in [0.15, 0.2) is 24.3 Å². The maximum atomic E-state index is 12.2. The fraction of sp³-hybridized carbons (Fsp3) is 0.444. The molecule has 9 heteroatoms. The van der Waals surface area contributed by atoms with E-state index in [0.29, 0.717) is 17.2 Å². The normalized spacial score (nSPS) is 16.3. The molecule has 2 amide bonds. The third-order valence-corrected chi connectivity index (χ3v) is 4.88. The van der Waals surface area contributed by atoms with Gasteiger partial charge in [0.1, 0.15) is 18.2 Å². The van der Waals surface area contributed by atoms with Gasteiger partial charge < -0.3 is 20.1 Å². The highest BCUT2D eigenvalue weighted by atomic mass is 32.1. The minimum Gasteiger partial charge on any atom is -0.376 e. The van der Waals surface area contributed by atoms with E-state index < -0.39 is 0 Å². The Morgan fingerprint density at radius 3 is 2.85 bits per heavy atom. The number of nitrogens with zero attached hydrogens (tertiary/aromatic N) is 2. The Labute approximate surface area is 161 Å². The van der Waals surface area contributed by atoms with Crippen LogP contribution in [0.2, 0.25) is 0 Å². The number of hydrogen-bond acceptors (Lipinski definition) is 7. The Bertz CT molecular complexity index is 772. The molecule has 1 aromatic heterocycles. The first kappa shape index (κ1) is 19.4. The van der Waals surface area contributed by atoms with Crippen LogP contribution >= 0.6 is 11.3 Å². The van der Waals surface area contributed by atoms with Gasteiger partial charge in [0.05, 0.1) is 6.10 Å². The molecule has 3 rings (SSSR count). The Hall–Kier alpha value is -2.36. The minimum atomic E-state index is -0.322. The van der Waals surface area contributed by atoms with Gasteiger partial charge in [0.25, 0.3) is 5.91 Å². The summed E-state index contributed by atoms with van der Waals surface area (Å²) in [5.41, 5.74) is 1.81. The molecule has 1 aliphatic rings. The number of hydrogen-bond donors (Lipinski definition) is 2. The van der Waals surface area contributed by atoms with Crippen LogP contribution < -0.4 is 10.6 Å². The van der Waals surface area contributed by atoms with Gasteiger partial charge >= 0.3 is 0 Å². The Balaban J connectivity index is 1.38. The molecule has 0 aliphatic carbocycles. The average molecular weight is 390 g/mol. The molecule has 8 nitrogen and oxygen atoms in total. The Morgan fingerprint density at radius 1 is 1.30 bits per heavy atom. The number of carbonyl (C=O) groups excluding carboxylic acids is 2. The zero-order valence-corrected chi connectivity index (χ0v) is 15.9. The van der Waals surface area contributed by atoms with Gasteiger partial charge in [-0.25, -0.2) is 0 Å². The van der Waals surface area contributed by atoms with Crippen molar-refractivity contribution < 1.29 is 19.1 Å². The largest absolute Gasteiger partial charge is 0.376 e. The lowest BCUT2D eigenvalue weighted by molar-refractivity contribution is -0.126. The molecule has 0 unspecified atom stereocenters. The molecule has 0 radical (unpaired) electrons. The first-order chi connectivity index (χ1) is 13.1. The van der Waals surface area contributed by atoms with E-state index in [1.54, 1.807) is 0 Å². The van der Waals surface area contributed by atoms with E-state index >= 15 is 0 Å². The van der Waals surface area contributed by atoms with Gasteiger partial charge in [-0.1, -0.05) is 29.0 Å². The average Bonchev–Trinajstić information content (AvgIpc) is 3.34. The summed E-state index contributed by atoms with van der Waals surface area (Å²) in [7, 11) is 0. The van der Waals surface area contributed by atoms with Crippen molar-refractivity contribution in [2.45, 2.75) is 32.5 Å². The third kappa shape index (κ3) is 6.09. The summed E-state index contributed by atoms with van der Waals surface area (Å²) in [5, 5.41) is 14.1. The smallest absolute Gasteiger partial charge is 0.286 e. The van der Waals surface area contributed by atoms with Gasteiger partial charge in [-0.05, 0) is 31.9 Å². The van der Waals surface area contributed by atoms with E-state index in [1.807, 2.05) is 31.2 Å². The molecule has 0 saturated carbocycles. The highest BCUT2D eigenvalue weighted by Crippen LogP contribution is 2.15. The molecule has 2 heterocycles. The molecule has 0 spiro atoms. The van der Waals surface area contributed by atoms with Crippen molar-refractivity contribution in [1.29, 1.82) is 0 Å². The molecule has 27 heavy (non-hydrogen) atoms. The van der Waals surface area contributed by atoms with Crippen molar-refractivity contribution in [2.75, 3.05) is 25.1 Å². The van der Waals surface area contributed by atoms with E-state index in [9.17, 15) is 9.59 Å². The highest BCUT2D eigenvalue weighted by Gasteiger charge is 2.16. The number of amides is 2. The van der Waals surface area contributed by atoms with Crippen LogP contribution in [0.5, 0.6) is 0 Å². The number of aryl methyl sites for hydroxylation is 1. The van der Waals surface area contributed by atoms with E-state index in [0.717, 1.165) is 36.3 Å². The zero-order chi connectivity index (χ0) is 19.1. The lowest BCUT2D eigenvalue weighted by Gasteiger charge is -2.10. The maximum absolute atomic E-state index is 12.2. The molecule has 1 aliphatic heterocycles. The van der Waals surface area contributed by atoms with Gasteiger partial charge in [-0.2, -0.15) is 0 Å². The highest BCUT2D eigenvalue weighted by molar-refractivity contribution is 7.13. The zero-order valence-electron chi connectivity index (χ0n) is 15.1.